The van der Waals surface area contributed by atoms with Gasteiger partial charge in [-0.25, -0.2) is 4.68 Å². The third kappa shape index (κ3) is 5.51. The van der Waals surface area contributed by atoms with E-state index in [0.717, 1.165) is 33.8 Å². The van der Waals surface area contributed by atoms with Gasteiger partial charge >= 0.3 is 0 Å². The lowest BCUT2D eigenvalue weighted by molar-refractivity contribution is -0.153. The number of hydrogen-bond acceptors (Lipinski definition) is 6. The van der Waals surface area contributed by atoms with E-state index in [1.807, 2.05) is 64.7 Å². The van der Waals surface area contributed by atoms with E-state index in [4.69, 9.17) is 11.6 Å². The second kappa shape index (κ2) is 11.5. The highest BCUT2D eigenvalue weighted by molar-refractivity contribution is 7.13. The average Bonchev–Trinajstić information content (AvgIpc) is 3.72. The van der Waals surface area contributed by atoms with Crippen molar-refractivity contribution in [1.29, 1.82) is 0 Å². The summed E-state index contributed by atoms with van der Waals surface area (Å²) in [6.07, 6.45) is -0.546. The maximum atomic E-state index is 13.0. The Bertz CT molecular complexity index is 1410. The lowest BCUT2D eigenvalue weighted by Gasteiger charge is -2.28. The minimum Gasteiger partial charge on any atom is -0.380 e. The Kier molecular flexibility index (Phi) is 7.90. The number of aliphatic hydroxyl groups excluding tert-OH is 2. The fourth-order valence-corrected chi connectivity index (χ4v) is 5.64. The third-order valence-corrected chi connectivity index (χ3v) is 7.78. The van der Waals surface area contributed by atoms with Crippen molar-refractivity contribution in [3.8, 4) is 16.3 Å². The molecule has 196 valence electrons. The van der Waals surface area contributed by atoms with E-state index in [0.29, 0.717) is 18.0 Å². The van der Waals surface area contributed by atoms with Crippen LogP contribution in [0.15, 0.2) is 78.3 Å². The molecule has 1 unspecified atom stereocenters. The van der Waals surface area contributed by atoms with E-state index in [9.17, 15) is 19.8 Å². The number of aromatic nitrogens is 2. The molecule has 5 rings (SSSR count). The van der Waals surface area contributed by atoms with Gasteiger partial charge in [-0.2, -0.15) is 5.10 Å². The Hall–Kier alpha value is -3.50. The summed E-state index contributed by atoms with van der Waals surface area (Å²) in [4.78, 5) is 28.2. The Morgan fingerprint density at radius 2 is 1.89 bits per heavy atom. The molecule has 1 fully saturated rings. The first kappa shape index (κ1) is 26.1. The quantitative estimate of drug-likeness (QED) is 0.308. The number of thiophene rings is 1. The third-order valence-electron chi connectivity index (χ3n) is 6.65. The normalized spacial score (nSPS) is 16.8. The van der Waals surface area contributed by atoms with Crippen molar-refractivity contribution in [3.05, 3.63) is 94.5 Å². The monoisotopic (exact) mass is 550 g/mol. The number of hydrogen-bond donors (Lipinski definition) is 3. The van der Waals surface area contributed by atoms with Crippen LogP contribution in [0.1, 0.15) is 30.0 Å². The second-order valence-corrected chi connectivity index (χ2v) is 10.5. The zero-order chi connectivity index (χ0) is 26.6. The first-order valence-electron chi connectivity index (χ1n) is 12.3. The molecule has 0 bridgehead atoms. The highest BCUT2D eigenvalue weighted by atomic mass is 35.5. The van der Waals surface area contributed by atoms with Crippen molar-refractivity contribution >= 4 is 34.8 Å². The van der Waals surface area contributed by atoms with Gasteiger partial charge in [0.2, 0.25) is 0 Å². The summed E-state index contributed by atoms with van der Waals surface area (Å²) in [6, 6.07) is 20.4. The Balaban J connectivity index is 1.18. The second-order valence-electron chi connectivity index (χ2n) is 9.12. The predicted molar refractivity (Wildman–Crippen MR) is 146 cm³/mol. The van der Waals surface area contributed by atoms with Crippen molar-refractivity contribution in [2.45, 2.75) is 37.6 Å². The van der Waals surface area contributed by atoms with Gasteiger partial charge < -0.3 is 20.4 Å². The van der Waals surface area contributed by atoms with Gasteiger partial charge in [-0.3, -0.25) is 9.59 Å². The van der Waals surface area contributed by atoms with Gasteiger partial charge in [-0.15, -0.1) is 11.3 Å². The van der Waals surface area contributed by atoms with Crippen molar-refractivity contribution in [3.63, 3.8) is 0 Å². The zero-order valence-corrected chi connectivity index (χ0v) is 22.0. The van der Waals surface area contributed by atoms with Crippen LogP contribution in [0.2, 0.25) is 5.02 Å². The Labute approximate surface area is 229 Å². The van der Waals surface area contributed by atoms with Crippen LogP contribution >= 0.6 is 22.9 Å². The number of rotatable bonds is 8. The predicted octanol–water partition coefficient (Wildman–Crippen LogP) is 3.96. The van der Waals surface area contributed by atoms with Crippen molar-refractivity contribution < 1.29 is 19.8 Å². The van der Waals surface area contributed by atoms with Gasteiger partial charge in [-0.05, 0) is 65.7 Å². The molecule has 0 aliphatic carbocycles. The molecular formula is C28H27ClN4O4S. The summed E-state index contributed by atoms with van der Waals surface area (Å²) in [5.74, 6) is -1.50. The van der Waals surface area contributed by atoms with E-state index in [2.05, 4.69) is 10.4 Å². The maximum Gasteiger partial charge on any atom is 0.255 e. The maximum absolute atomic E-state index is 13.0. The smallest absolute Gasteiger partial charge is 0.255 e. The molecule has 1 saturated heterocycles. The van der Waals surface area contributed by atoms with Crippen LogP contribution in [-0.2, 0) is 16.1 Å². The van der Waals surface area contributed by atoms with Crippen LogP contribution in [-0.4, -0.2) is 55.5 Å². The summed E-state index contributed by atoms with van der Waals surface area (Å²) in [5.41, 5.74) is 3.50. The van der Waals surface area contributed by atoms with Gasteiger partial charge in [0.1, 0.15) is 0 Å². The molecule has 3 N–H and O–H groups in total. The van der Waals surface area contributed by atoms with Crippen LogP contribution in [0.3, 0.4) is 0 Å². The number of amides is 2. The summed E-state index contributed by atoms with van der Waals surface area (Å²) < 4.78 is 1.84. The Morgan fingerprint density at radius 3 is 2.63 bits per heavy atom. The summed E-state index contributed by atoms with van der Waals surface area (Å²) in [7, 11) is 0. The van der Waals surface area contributed by atoms with Gasteiger partial charge in [0.25, 0.3) is 11.8 Å². The Morgan fingerprint density at radius 1 is 1.08 bits per heavy atom. The molecule has 0 spiro atoms. The lowest BCUT2D eigenvalue weighted by atomic mass is 10.0. The molecular weight excluding hydrogens is 524 g/mol. The molecule has 10 heteroatoms. The van der Waals surface area contributed by atoms with Gasteiger partial charge in [0.15, 0.2) is 12.2 Å². The lowest BCUT2D eigenvalue weighted by Crippen LogP contribution is -2.50. The van der Waals surface area contributed by atoms with E-state index < -0.39 is 24.0 Å². The molecule has 38 heavy (non-hydrogen) atoms. The number of carbonyl (C=O) groups excluding carboxylic acids is 2. The molecule has 1 aliphatic heterocycles. The summed E-state index contributed by atoms with van der Waals surface area (Å²) in [6.45, 7) is 0.557. The van der Waals surface area contributed by atoms with Crippen LogP contribution in [0.5, 0.6) is 0 Å². The SMILES string of the molecule is O=C(NCc1ccc(-n2nccc2-c2cccs2)cc1)[C@H](O)[C@@H](O)C(=O)N1CCCC1c1cccc(Cl)c1. The van der Waals surface area contributed by atoms with Crippen molar-refractivity contribution in [1.82, 2.24) is 20.0 Å². The molecule has 8 nitrogen and oxygen atoms in total. The topological polar surface area (TPSA) is 108 Å². The molecule has 3 atom stereocenters. The average molecular weight is 551 g/mol. The largest absolute Gasteiger partial charge is 0.380 e. The number of halogens is 1. The first-order chi connectivity index (χ1) is 18.4. The van der Waals surface area contributed by atoms with Crippen molar-refractivity contribution in [2.75, 3.05) is 6.54 Å². The number of nitrogens with zero attached hydrogens (tertiary/aromatic N) is 3. The molecule has 0 saturated carbocycles. The van der Waals surface area contributed by atoms with Gasteiger partial charge in [0, 0.05) is 18.1 Å². The zero-order valence-electron chi connectivity index (χ0n) is 20.4. The molecule has 1 aliphatic rings. The van der Waals surface area contributed by atoms with Crippen LogP contribution < -0.4 is 5.32 Å². The van der Waals surface area contributed by atoms with Crippen LogP contribution in [0.25, 0.3) is 16.3 Å². The minimum absolute atomic E-state index is 0.128. The van der Waals surface area contributed by atoms with Crippen molar-refractivity contribution in [2.24, 2.45) is 0 Å². The van der Waals surface area contributed by atoms with E-state index in [-0.39, 0.29) is 12.6 Å². The van der Waals surface area contributed by atoms with E-state index in [1.165, 1.54) is 4.90 Å². The number of carbonyl (C=O) groups is 2. The highest BCUT2D eigenvalue weighted by Crippen LogP contribution is 2.33. The molecule has 2 aromatic heterocycles. The number of likely N-dealkylation sites (tertiary alicyclic amines) is 1. The van der Waals surface area contributed by atoms with Gasteiger partial charge in [-0.1, -0.05) is 41.9 Å². The first-order valence-corrected chi connectivity index (χ1v) is 13.5. The fourth-order valence-electron chi connectivity index (χ4n) is 4.71. The molecule has 0 radical (unpaired) electrons. The van der Waals surface area contributed by atoms with E-state index >= 15 is 0 Å². The number of nitrogens with one attached hydrogen (secondary N) is 1. The van der Waals surface area contributed by atoms with Crippen LogP contribution in [0, 0.1) is 0 Å². The van der Waals surface area contributed by atoms with E-state index in [1.54, 1.807) is 29.7 Å². The highest BCUT2D eigenvalue weighted by Gasteiger charge is 2.38. The molecule has 3 heterocycles. The summed E-state index contributed by atoms with van der Waals surface area (Å²) in [5, 5.41) is 30.6. The van der Waals surface area contributed by atoms with Gasteiger partial charge in [0.05, 0.1) is 28.5 Å². The molecule has 2 aromatic carbocycles. The molecule has 2 amide bonds. The fraction of sp³-hybridized carbons (Fsp3) is 0.250. The minimum atomic E-state index is -1.89. The number of aliphatic hydroxyl groups is 2. The number of benzene rings is 2. The summed E-state index contributed by atoms with van der Waals surface area (Å²) >= 11 is 7.74. The standard InChI is InChI=1S/C28H27ClN4O4S/c29-20-5-1-4-19(16-20)22-6-2-14-32(22)28(37)26(35)25(34)27(36)30-17-18-8-10-21(11-9-18)33-23(12-13-31-33)24-7-3-15-38-24/h1,3-5,7-13,15-16,22,25-26,34-35H,2,6,14,17H2,(H,30,36)/t22?,25-,26-/m1/s1. The molecule has 4 aromatic rings. The van der Waals surface area contributed by atoms with Crippen LogP contribution in [0.4, 0.5) is 0 Å².